The molecule has 15 heavy (non-hydrogen) atoms. The van der Waals surface area contributed by atoms with Gasteiger partial charge >= 0.3 is 5.97 Å². The van der Waals surface area contributed by atoms with Crippen LogP contribution in [-0.4, -0.2) is 22.3 Å². The molecule has 0 fully saturated rings. The minimum absolute atomic E-state index is 0.136. The van der Waals surface area contributed by atoms with Crippen LogP contribution in [-0.2, 0) is 17.6 Å². The van der Waals surface area contributed by atoms with Gasteiger partial charge in [-0.3, -0.25) is 4.79 Å². The molecule has 0 aliphatic heterocycles. The van der Waals surface area contributed by atoms with Gasteiger partial charge in [0.05, 0.1) is 6.10 Å². The number of hydrogen-bond acceptors (Lipinski definition) is 2. The molecule has 3 nitrogen and oxygen atoms in total. The highest BCUT2D eigenvalue weighted by Crippen LogP contribution is 2.13. The molecule has 0 aromatic heterocycles. The molecule has 1 atom stereocenters. The standard InChI is InChI=1S/C12H16O3/c1-9(13)8-11-5-3-2-4-10(11)6-7-12(14)15/h2-5,9,13H,6-8H2,1H3,(H,14,15). The van der Waals surface area contributed by atoms with Crippen molar-refractivity contribution in [2.45, 2.75) is 32.3 Å². The van der Waals surface area contributed by atoms with Gasteiger partial charge in [-0.1, -0.05) is 24.3 Å². The van der Waals surface area contributed by atoms with Crippen molar-refractivity contribution in [2.24, 2.45) is 0 Å². The number of carboxylic acid groups (broad SMARTS) is 1. The Bertz CT molecular complexity index is 331. The lowest BCUT2D eigenvalue weighted by Crippen LogP contribution is -2.07. The van der Waals surface area contributed by atoms with Gasteiger partial charge in [0.1, 0.15) is 0 Å². The van der Waals surface area contributed by atoms with Crippen LogP contribution >= 0.6 is 0 Å². The fourth-order valence-corrected chi connectivity index (χ4v) is 1.56. The molecular formula is C12H16O3. The summed E-state index contributed by atoms with van der Waals surface area (Å²) in [4.78, 5) is 10.5. The van der Waals surface area contributed by atoms with Crippen LogP contribution < -0.4 is 0 Å². The molecular weight excluding hydrogens is 192 g/mol. The molecule has 0 amide bonds. The number of aliphatic hydroxyl groups excluding tert-OH is 1. The molecule has 0 aliphatic carbocycles. The maximum absolute atomic E-state index is 10.5. The molecule has 0 radical (unpaired) electrons. The maximum atomic E-state index is 10.5. The third kappa shape index (κ3) is 4.13. The van der Waals surface area contributed by atoms with Crippen molar-refractivity contribution in [3.63, 3.8) is 0 Å². The fourth-order valence-electron chi connectivity index (χ4n) is 1.56. The van der Waals surface area contributed by atoms with Gasteiger partial charge in [-0.2, -0.15) is 0 Å². The van der Waals surface area contributed by atoms with E-state index in [1.165, 1.54) is 0 Å². The first-order valence-electron chi connectivity index (χ1n) is 5.06. The average molecular weight is 208 g/mol. The SMILES string of the molecule is CC(O)Cc1ccccc1CCC(=O)O. The summed E-state index contributed by atoms with van der Waals surface area (Å²) in [5, 5.41) is 17.9. The van der Waals surface area contributed by atoms with E-state index in [0.29, 0.717) is 12.8 Å². The smallest absolute Gasteiger partial charge is 0.303 e. The minimum Gasteiger partial charge on any atom is -0.481 e. The quantitative estimate of drug-likeness (QED) is 0.773. The van der Waals surface area contributed by atoms with Crippen LogP contribution in [0.2, 0.25) is 0 Å². The summed E-state index contributed by atoms with van der Waals surface area (Å²) >= 11 is 0. The van der Waals surface area contributed by atoms with Crippen molar-refractivity contribution in [3.05, 3.63) is 35.4 Å². The van der Waals surface area contributed by atoms with Gasteiger partial charge in [-0.25, -0.2) is 0 Å². The molecule has 0 saturated carbocycles. The zero-order valence-corrected chi connectivity index (χ0v) is 8.81. The van der Waals surface area contributed by atoms with Gasteiger partial charge in [-0.15, -0.1) is 0 Å². The average Bonchev–Trinajstić information content (AvgIpc) is 2.15. The zero-order chi connectivity index (χ0) is 11.3. The summed E-state index contributed by atoms with van der Waals surface area (Å²) in [6.07, 6.45) is 0.848. The van der Waals surface area contributed by atoms with E-state index in [1.54, 1.807) is 6.92 Å². The highest BCUT2D eigenvalue weighted by molar-refractivity contribution is 5.67. The van der Waals surface area contributed by atoms with Crippen LogP contribution in [0.1, 0.15) is 24.5 Å². The van der Waals surface area contributed by atoms with Crippen molar-refractivity contribution in [1.82, 2.24) is 0 Å². The molecule has 0 aliphatic rings. The van der Waals surface area contributed by atoms with Gasteiger partial charge in [0, 0.05) is 6.42 Å². The Morgan fingerprint density at radius 3 is 2.47 bits per heavy atom. The topological polar surface area (TPSA) is 57.5 Å². The highest BCUT2D eigenvalue weighted by Gasteiger charge is 2.06. The molecule has 1 aromatic carbocycles. The van der Waals surface area contributed by atoms with Gasteiger partial charge in [0.15, 0.2) is 0 Å². The van der Waals surface area contributed by atoms with E-state index in [-0.39, 0.29) is 6.42 Å². The fraction of sp³-hybridized carbons (Fsp3) is 0.417. The van der Waals surface area contributed by atoms with Crippen molar-refractivity contribution in [3.8, 4) is 0 Å². The Hall–Kier alpha value is -1.35. The minimum atomic E-state index is -0.790. The second-order valence-corrected chi connectivity index (χ2v) is 3.72. The predicted molar refractivity (Wildman–Crippen MR) is 57.8 cm³/mol. The van der Waals surface area contributed by atoms with E-state index in [9.17, 15) is 9.90 Å². The largest absolute Gasteiger partial charge is 0.481 e. The van der Waals surface area contributed by atoms with E-state index >= 15 is 0 Å². The molecule has 2 N–H and O–H groups in total. The molecule has 0 bridgehead atoms. The van der Waals surface area contributed by atoms with Crippen LogP contribution in [0, 0.1) is 0 Å². The summed E-state index contributed by atoms with van der Waals surface area (Å²) in [7, 11) is 0. The highest BCUT2D eigenvalue weighted by atomic mass is 16.4. The Kier molecular flexibility index (Phi) is 4.31. The number of rotatable bonds is 5. The predicted octanol–water partition coefficient (Wildman–Crippen LogP) is 1.63. The Morgan fingerprint density at radius 1 is 1.33 bits per heavy atom. The first kappa shape index (κ1) is 11.7. The van der Waals surface area contributed by atoms with Gasteiger partial charge in [0.25, 0.3) is 0 Å². The lowest BCUT2D eigenvalue weighted by Gasteiger charge is -2.09. The van der Waals surface area contributed by atoms with Crippen molar-refractivity contribution in [1.29, 1.82) is 0 Å². The van der Waals surface area contributed by atoms with Crippen molar-refractivity contribution < 1.29 is 15.0 Å². The molecule has 0 saturated heterocycles. The molecule has 1 aromatic rings. The van der Waals surface area contributed by atoms with Gasteiger partial charge in [-0.05, 0) is 30.9 Å². The van der Waals surface area contributed by atoms with E-state index in [0.717, 1.165) is 11.1 Å². The number of aliphatic carboxylic acids is 1. The van der Waals surface area contributed by atoms with Crippen molar-refractivity contribution in [2.75, 3.05) is 0 Å². The Balaban J connectivity index is 2.72. The summed E-state index contributed by atoms with van der Waals surface area (Å²) in [5.74, 6) is -0.790. The van der Waals surface area contributed by atoms with Crippen LogP contribution in [0.5, 0.6) is 0 Å². The van der Waals surface area contributed by atoms with Crippen LogP contribution in [0.3, 0.4) is 0 Å². The second-order valence-electron chi connectivity index (χ2n) is 3.72. The van der Waals surface area contributed by atoms with Crippen LogP contribution in [0.4, 0.5) is 0 Å². The molecule has 0 spiro atoms. The van der Waals surface area contributed by atoms with Crippen LogP contribution in [0.25, 0.3) is 0 Å². The van der Waals surface area contributed by atoms with E-state index < -0.39 is 12.1 Å². The lowest BCUT2D eigenvalue weighted by atomic mass is 9.99. The summed E-state index contributed by atoms with van der Waals surface area (Å²) in [6, 6.07) is 7.65. The normalized spacial score (nSPS) is 12.4. The van der Waals surface area contributed by atoms with E-state index in [1.807, 2.05) is 24.3 Å². The van der Waals surface area contributed by atoms with Gasteiger partial charge < -0.3 is 10.2 Å². The number of aryl methyl sites for hydroxylation is 1. The van der Waals surface area contributed by atoms with Crippen LogP contribution in [0.15, 0.2) is 24.3 Å². The third-order valence-electron chi connectivity index (χ3n) is 2.24. The summed E-state index contributed by atoms with van der Waals surface area (Å²) < 4.78 is 0. The molecule has 1 rings (SSSR count). The Labute approximate surface area is 89.4 Å². The number of carboxylic acids is 1. The molecule has 1 unspecified atom stereocenters. The summed E-state index contributed by atoms with van der Waals surface area (Å²) in [6.45, 7) is 1.73. The van der Waals surface area contributed by atoms with Crippen molar-refractivity contribution >= 4 is 5.97 Å². The van der Waals surface area contributed by atoms with E-state index in [2.05, 4.69) is 0 Å². The maximum Gasteiger partial charge on any atom is 0.303 e. The number of aliphatic hydroxyl groups is 1. The van der Waals surface area contributed by atoms with E-state index in [4.69, 9.17) is 5.11 Å². The lowest BCUT2D eigenvalue weighted by molar-refractivity contribution is -0.136. The van der Waals surface area contributed by atoms with Gasteiger partial charge in [0.2, 0.25) is 0 Å². The first-order valence-corrected chi connectivity index (χ1v) is 5.06. The summed E-state index contributed by atoms with van der Waals surface area (Å²) in [5.41, 5.74) is 2.05. The number of hydrogen-bond donors (Lipinski definition) is 2. The zero-order valence-electron chi connectivity index (χ0n) is 8.81. The molecule has 0 heterocycles. The molecule has 82 valence electrons. The second kappa shape index (κ2) is 5.51. The monoisotopic (exact) mass is 208 g/mol. The number of carbonyl (C=O) groups is 1. The first-order chi connectivity index (χ1) is 7.09. The number of benzene rings is 1. The Morgan fingerprint density at radius 2 is 1.93 bits per heavy atom. The molecule has 3 heteroatoms. The third-order valence-corrected chi connectivity index (χ3v) is 2.24.